The van der Waals surface area contributed by atoms with Gasteiger partial charge >= 0.3 is 6.09 Å². The number of nitrogens with zero attached hydrogens (tertiary/aromatic N) is 3. The molecule has 32 heavy (non-hydrogen) atoms. The second kappa shape index (κ2) is 9.89. The zero-order valence-electron chi connectivity index (χ0n) is 19.2. The summed E-state index contributed by atoms with van der Waals surface area (Å²) in [6, 6.07) is 7.88. The van der Waals surface area contributed by atoms with Gasteiger partial charge in [-0.15, -0.1) is 0 Å². The summed E-state index contributed by atoms with van der Waals surface area (Å²) in [5.41, 5.74) is 2.43. The quantitative estimate of drug-likeness (QED) is 0.427. The van der Waals surface area contributed by atoms with E-state index in [1.54, 1.807) is 4.90 Å². The first-order valence-electron chi connectivity index (χ1n) is 11.1. The highest BCUT2D eigenvalue weighted by molar-refractivity contribution is 9.10. The smallest absolute Gasteiger partial charge is 0.410 e. The van der Waals surface area contributed by atoms with Gasteiger partial charge in [0.2, 0.25) is 5.92 Å². The fourth-order valence-corrected chi connectivity index (χ4v) is 4.40. The van der Waals surface area contributed by atoms with Crippen LogP contribution in [0, 0.1) is 6.92 Å². The fourth-order valence-electron chi connectivity index (χ4n) is 3.95. The van der Waals surface area contributed by atoms with Gasteiger partial charge in [-0.05, 0) is 65.2 Å². The van der Waals surface area contributed by atoms with Gasteiger partial charge in [0, 0.05) is 48.2 Å². The zero-order chi connectivity index (χ0) is 23.5. The van der Waals surface area contributed by atoms with Gasteiger partial charge in [0.25, 0.3) is 0 Å². The SMILES string of the molecule is Cc1ccc(Br)c(-c2ccn(CCCN(C(=O)OC(C)(C)C)C3CCC(F)(F)CC3)n2)c1. The topological polar surface area (TPSA) is 47.4 Å². The van der Waals surface area contributed by atoms with Crippen LogP contribution in [-0.4, -0.2) is 44.9 Å². The van der Waals surface area contributed by atoms with E-state index in [1.165, 1.54) is 0 Å². The van der Waals surface area contributed by atoms with E-state index in [9.17, 15) is 13.6 Å². The molecule has 2 aromatic rings. The highest BCUT2D eigenvalue weighted by atomic mass is 79.9. The number of amides is 1. The standard InChI is InChI=1S/C24H32BrF2N3O2/c1-17-6-7-20(25)19(16-17)21-10-15-29(28-21)13-5-14-30(22(31)32-23(2,3)4)18-8-11-24(26,27)12-9-18/h6-7,10,15-16,18H,5,8-9,11-14H2,1-4H3. The van der Waals surface area contributed by atoms with Gasteiger partial charge in [-0.3, -0.25) is 4.68 Å². The molecule has 0 unspecified atom stereocenters. The van der Waals surface area contributed by atoms with Crippen LogP contribution in [0.1, 0.15) is 58.4 Å². The molecule has 0 atom stereocenters. The third-order valence-electron chi connectivity index (χ3n) is 5.58. The summed E-state index contributed by atoms with van der Waals surface area (Å²) in [6.07, 6.45) is 2.35. The van der Waals surface area contributed by atoms with Gasteiger partial charge in [-0.25, -0.2) is 13.6 Å². The van der Waals surface area contributed by atoms with Crippen molar-refractivity contribution < 1.29 is 18.3 Å². The van der Waals surface area contributed by atoms with Crippen LogP contribution in [0.5, 0.6) is 0 Å². The van der Waals surface area contributed by atoms with E-state index in [0.29, 0.717) is 32.4 Å². The minimum Gasteiger partial charge on any atom is -0.444 e. The molecular formula is C24H32BrF2N3O2. The van der Waals surface area contributed by atoms with Crippen LogP contribution in [0.4, 0.5) is 13.6 Å². The van der Waals surface area contributed by atoms with Gasteiger partial charge in [-0.1, -0.05) is 27.6 Å². The lowest BCUT2D eigenvalue weighted by Crippen LogP contribution is -2.46. The maximum Gasteiger partial charge on any atom is 0.410 e. The number of halogens is 3. The number of aryl methyl sites for hydroxylation is 2. The molecule has 1 amide bonds. The number of carbonyl (C=O) groups excluding carboxylic acids is 1. The Balaban J connectivity index is 1.64. The number of rotatable bonds is 6. The Morgan fingerprint density at radius 3 is 2.62 bits per heavy atom. The molecule has 0 saturated heterocycles. The molecule has 1 aliphatic rings. The van der Waals surface area contributed by atoms with Crippen molar-refractivity contribution in [2.45, 2.75) is 83.9 Å². The van der Waals surface area contributed by atoms with Crippen molar-refractivity contribution in [2.75, 3.05) is 6.54 Å². The van der Waals surface area contributed by atoms with Gasteiger partial charge < -0.3 is 9.64 Å². The summed E-state index contributed by atoms with van der Waals surface area (Å²) in [5.74, 6) is -2.63. The molecule has 0 aliphatic heterocycles. The van der Waals surface area contributed by atoms with Crippen molar-refractivity contribution in [2.24, 2.45) is 0 Å². The molecule has 1 fully saturated rings. The molecule has 0 N–H and O–H groups in total. The lowest BCUT2D eigenvalue weighted by Gasteiger charge is -2.37. The molecule has 1 aromatic heterocycles. The molecule has 1 aromatic carbocycles. The Bertz CT molecular complexity index is 930. The number of ether oxygens (including phenoxy) is 1. The maximum atomic E-state index is 13.6. The van der Waals surface area contributed by atoms with Crippen LogP contribution in [0.15, 0.2) is 34.9 Å². The van der Waals surface area contributed by atoms with Crippen molar-refractivity contribution in [1.82, 2.24) is 14.7 Å². The van der Waals surface area contributed by atoms with Crippen molar-refractivity contribution in [3.05, 3.63) is 40.5 Å². The number of alkyl halides is 2. The van der Waals surface area contributed by atoms with E-state index < -0.39 is 17.6 Å². The maximum absolute atomic E-state index is 13.6. The normalized spacial score (nSPS) is 16.7. The van der Waals surface area contributed by atoms with Crippen molar-refractivity contribution in [3.8, 4) is 11.3 Å². The van der Waals surface area contributed by atoms with E-state index >= 15 is 0 Å². The first kappa shape index (κ1) is 24.7. The lowest BCUT2D eigenvalue weighted by atomic mass is 9.91. The summed E-state index contributed by atoms with van der Waals surface area (Å²) < 4.78 is 35.7. The third kappa shape index (κ3) is 6.77. The average Bonchev–Trinajstić information content (AvgIpc) is 3.15. The zero-order valence-corrected chi connectivity index (χ0v) is 20.8. The molecular weight excluding hydrogens is 480 g/mol. The molecule has 5 nitrogen and oxygen atoms in total. The number of aromatic nitrogens is 2. The number of hydrogen-bond acceptors (Lipinski definition) is 3. The third-order valence-corrected chi connectivity index (χ3v) is 6.27. The van der Waals surface area contributed by atoms with Crippen LogP contribution in [0.2, 0.25) is 0 Å². The van der Waals surface area contributed by atoms with Gasteiger partial charge in [0.1, 0.15) is 5.60 Å². The van der Waals surface area contributed by atoms with Crippen LogP contribution < -0.4 is 0 Å². The Morgan fingerprint density at radius 2 is 1.97 bits per heavy atom. The number of carbonyl (C=O) groups is 1. The summed E-state index contributed by atoms with van der Waals surface area (Å²) in [6.45, 7) is 8.53. The highest BCUT2D eigenvalue weighted by Crippen LogP contribution is 2.35. The largest absolute Gasteiger partial charge is 0.444 e. The van der Waals surface area contributed by atoms with E-state index in [4.69, 9.17) is 4.74 Å². The van der Waals surface area contributed by atoms with E-state index in [1.807, 2.05) is 56.8 Å². The average molecular weight is 512 g/mol. The molecule has 3 rings (SSSR count). The molecule has 0 spiro atoms. The molecule has 1 saturated carbocycles. The van der Waals surface area contributed by atoms with E-state index in [0.717, 1.165) is 21.3 Å². The highest BCUT2D eigenvalue weighted by Gasteiger charge is 2.39. The van der Waals surface area contributed by atoms with Gasteiger partial charge in [0.15, 0.2) is 0 Å². The number of benzene rings is 1. The molecule has 8 heteroatoms. The Hall–Kier alpha value is -1.96. The van der Waals surface area contributed by atoms with E-state index in [2.05, 4.69) is 27.1 Å². The van der Waals surface area contributed by atoms with Crippen molar-refractivity contribution in [3.63, 3.8) is 0 Å². The van der Waals surface area contributed by atoms with Crippen molar-refractivity contribution in [1.29, 1.82) is 0 Å². The molecule has 176 valence electrons. The van der Waals surface area contributed by atoms with Gasteiger partial charge in [-0.2, -0.15) is 5.10 Å². The second-order valence-corrected chi connectivity index (χ2v) is 10.4. The predicted molar refractivity (Wildman–Crippen MR) is 125 cm³/mol. The minimum atomic E-state index is -2.63. The molecule has 1 aliphatic carbocycles. The predicted octanol–water partition coefficient (Wildman–Crippen LogP) is 6.83. The van der Waals surface area contributed by atoms with E-state index in [-0.39, 0.29) is 18.9 Å². The minimum absolute atomic E-state index is 0.190. The van der Waals surface area contributed by atoms with Crippen molar-refractivity contribution >= 4 is 22.0 Å². The second-order valence-electron chi connectivity index (χ2n) is 9.56. The van der Waals surface area contributed by atoms with Crippen LogP contribution in [0.25, 0.3) is 11.3 Å². The van der Waals surface area contributed by atoms with Crippen LogP contribution in [0.3, 0.4) is 0 Å². The first-order chi connectivity index (χ1) is 14.9. The summed E-state index contributed by atoms with van der Waals surface area (Å²) in [7, 11) is 0. The first-order valence-corrected chi connectivity index (χ1v) is 11.9. The Kier molecular flexibility index (Phi) is 7.63. The summed E-state index contributed by atoms with van der Waals surface area (Å²) in [5, 5.41) is 4.67. The molecule has 0 radical (unpaired) electrons. The molecule has 0 bridgehead atoms. The Labute approximate surface area is 197 Å². The number of hydrogen-bond donors (Lipinski definition) is 0. The van der Waals surface area contributed by atoms with Gasteiger partial charge in [0.05, 0.1) is 5.69 Å². The lowest BCUT2D eigenvalue weighted by molar-refractivity contribution is -0.0572. The Morgan fingerprint density at radius 1 is 1.28 bits per heavy atom. The monoisotopic (exact) mass is 511 g/mol. The van der Waals surface area contributed by atoms with Crippen LogP contribution in [-0.2, 0) is 11.3 Å². The van der Waals surface area contributed by atoms with Crippen LogP contribution >= 0.6 is 15.9 Å². The molecule has 1 heterocycles. The summed E-state index contributed by atoms with van der Waals surface area (Å²) >= 11 is 3.58. The summed E-state index contributed by atoms with van der Waals surface area (Å²) in [4.78, 5) is 14.4. The fraction of sp³-hybridized carbons (Fsp3) is 0.583.